The number of benzene rings is 1. The van der Waals surface area contributed by atoms with E-state index < -0.39 is 16.1 Å². The van der Waals surface area contributed by atoms with Crippen LogP contribution < -0.4 is 14.8 Å². The molecule has 1 heterocycles. The number of carbonyl (C=O) groups excluding carboxylic acids is 1. The second kappa shape index (κ2) is 5.16. The van der Waals surface area contributed by atoms with Crippen LogP contribution in [0, 0.1) is 0 Å². The average molecular weight is 286 g/mol. The molecule has 0 fully saturated rings. The van der Waals surface area contributed by atoms with E-state index in [2.05, 4.69) is 10.0 Å². The van der Waals surface area contributed by atoms with Crippen molar-refractivity contribution in [2.75, 3.05) is 18.5 Å². The molecule has 0 saturated carbocycles. The number of aliphatic hydroxyl groups is 1. The van der Waals surface area contributed by atoms with Crippen molar-refractivity contribution in [2.24, 2.45) is 0 Å². The van der Waals surface area contributed by atoms with Gasteiger partial charge >= 0.3 is 0 Å². The van der Waals surface area contributed by atoms with Crippen LogP contribution in [0.3, 0.4) is 0 Å². The molecule has 8 heteroatoms. The lowest BCUT2D eigenvalue weighted by Gasteiger charge is -2.19. The molecule has 2 rings (SSSR count). The van der Waals surface area contributed by atoms with Gasteiger partial charge < -0.3 is 15.2 Å². The standard InChI is InChI=1S/C11H14N2O5S/c1-7(5-14)13-19(16,17)8-2-3-10-9(4-8)12-11(15)6-18-10/h2-4,7,13-14H,5-6H2,1H3,(H,12,15)/t7-/m0/s1. The molecule has 0 aliphatic carbocycles. The number of sulfonamides is 1. The van der Waals surface area contributed by atoms with Crippen LogP contribution in [-0.2, 0) is 14.8 Å². The van der Waals surface area contributed by atoms with Crippen molar-refractivity contribution in [3.63, 3.8) is 0 Å². The largest absolute Gasteiger partial charge is 0.482 e. The predicted molar refractivity (Wildman–Crippen MR) is 67.4 cm³/mol. The molecule has 0 spiro atoms. The van der Waals surface area contributed by atoms with Gasteiger partial charge in [-0.15, -0.1) is 0 Å². The lowest BCUT2D eigenvalue weighted by atomic mass is 10.2. The van der Waals surface area contributed by atoms with E-state index in [0.29, 0.717) is 11.4 Å². The molecule has 1 amide bonds. The first-order chi connectivity index (χ1) is 8.92. The summed E-state index contributed by atoms with van der Waals surface area (Å²) in [4.78, 5) is 11.2. The van der Waals surface area contributed by atoms with Gasteiger partial charge in [0.05, 0.1) is 17.2 Å². The summed E-state index contributed by atoms with van der Waals surface area (Å²) >= 11 is 0. The van der Waals surface area contributed by atoms with Crippen LogP contribution in [0.5, 0.6) is 5.75 Å². The van der Waals surface area contributed by atoms with E-state index in [0.717, 1.165) is 0 Å². The van der Waals surface area contributed by atoms with Crippen LogP contribution in [0.4, 0.5) is 5.69 Å². The Hall–Kier alpha value is -1.64. The fourth-order valence-electron chi connectivity index (χ4n) is 1.60. The maximum Gasteiger partial charge on any atom is 0.262 e. The van der Waals surface area contributed by atoms with Gasteiger partial charge in [-0.1, -0.05) is 0 Å². The molecule has 1 aromatic carbocycles. The van der Waals surface area contributed by atoms with Gasteiger partial charge in [-0.05, 0) is 25.1 Å². The molecule has 0 saturated heterocycles. The fourth-order valence-corrected chi connectivity index (χ4v) is 2.86. The highest BCUT2D eigenvalue weighted by atomic mass is 32.2. The molecule has 7 nitrogen and oxygen atoms in total. The topological polar surface area (TPSA) is 105 Å². The molecular formula is C11H14N2O5S. The Bertz CT molecular complexity index is 599. The summed E-state index contributed by atoms with van der Waals surface area (Å²) in [6.45, 7) is 1.16. The van der Waals surface area contributed by atoms with E-state index in [9.17, 15) is 13.2 Å². The van der Waals surface area contributed by atoms with Crippen LogP contribution in [0.2, 0.25) is 0 Å². The third-order valence-electron chi connectivity index (χ3n) is 2.52. The van der Waals surface area contributed by atoms with Gasteiger partial charge in [0.15, 0.2) is 6.61 Å². The number of fused-ring (bicyclic) bond motifs is 1. The summed E-state index contributed by atoms with van der Waals surface area (Å²) in [5.74, 6) is 0.0903. The monoisotopic (exact) mass is 286 g/mol. The molecule has 3 N–H and O–H groups in total. The summed E-state index contributed by atoms with van der Waals surface area (Å²) in [6, 6.07) is 3.58. The minimum atomic E-state index is -3.74. The summed E-state index contributed by atoms with van der Waals surface area (Å²) in [5.41, 5.74) is 0.316. The number of anilines is 1. The number of rotatable bonds is 4. The Morgan fingerprint density at radius 2 is 2.26 bits per heavy atom. The Morgan fingerprint density at radius 3 is 2.95 bits per heavy atom. The van der Waals surface area contributed by atoms with E-state index in [-0.39, 0.29) is 24.0 Å². The lowest BCUT2D eigenvalue weighted by Crippen LogP contribution is -2.35. The van der Waals surface area contributed by atoms with Gasteiger partial charge in [0, 0.05) is 6.04 Å². The van der Waals surface area contributed by atoms with E-state index in [1.54, 1.807) is 6.92 Å². The minimum absolute atomic E-state index is 0.00245. The number of amides is 1. The Kier molecular flexibility index (Phi) is 3.74. The molecule has 0 bridgehead atoms. The second-order valence-electron chi connectivity index (χ2n) is 4.20. The van der Waals surface area contributed by atoms with Crippen LogP contribution in [-0.4, -0.2) is 38.7 Å². The van der Waals surface area contributed by atoms with Gasteiger partial charge in [-0.2, -0.15) is 0 Å². The first-order valence-electron chi connectivity index (χ1n) is 5.62. The van der Waals surface area contributed by atoms with E-state index >= 15 is 0 Å². The zero-order valence-corrected chi connectivity index (χ0v) is 11.0. The zero-order valence-electron chi connectivity index (χ0n) is 10.2. The molecule has 104 valence electrons. The van der Waals surface area contributed by atoms with Crippen molar-refractivity contribution in [1.82, 2.24) is 4.72 Å². The van der Waals surface area contributed by atoms with E-state index in [1.807, 2.05) is 0 Å². The predicted octanol–water partition coefficient (Wildman–Crippen LogP) is -0.323. The highest BCUT2D eigenvalue weighted by molar-refractivity contribution is 7.89. The number of nitrogens with one attached hydrogen (secondary N) is 2. The van der Waals surface area contributed by atoms with Gasteiger partial charge in [-0.3, -0.25) is 4.79 Å². The van der Waals surface area contributed by atoms with Crippen molar-refractivity contribution < 1.29 is 23.1 Å². The van der Waals surface area contributed by atoms with E-state index in [1.165, 1.54) is 18.2 Å². The molecular weight excluding hydrogens is 272 g/mol. The van der Waals surface area contributed by atoms with Crippen molar-refractivity contribution in [3.8, 4) is 5.75 Å². The molecule has 1 atom stereocenters. The van der Waals surface area contributed by atoms with Crippen molar-refractivity contribution in [3.05, 3.63) is 18.2 Å². The molecule has 1 aliphatic rings. The first-order valence-corrected chi connectivity index (χ1v) is 7.10. The Labute approximate surface area is 110 Å². The molecule has 0 radical (unpaired) electrons. The summed E-state index contributed by atoms with van der Waals surface area (Å²) < 4.78 is 31.4. The molecule has 1 aromatic rings. The fraction of sp³-hybridized carbons (Fsp3) is 0.364. The SMILES string of the molecule is C[C@@H](CO)NS(=O)(=O)c1ccc2c(c1)NC(=O)CO2. The van der Waals surface area contributed by atoms with E-state index in [4.69, 9.17) is 9.84 Å². The quantitative estimate of drug-likeness (QED) is 0.703. The third-order valence-corrected chi connectivity index (χ3v) is 4.11. The molecule has 0 aromatic heterocycles. The first kappa shape index (κ1) is 13.8. The normalized spacial score (nSPS) is 16.2. The Morgan fingerprint density at radius 1 is 1.53 bits per heavy atom. The summed E-state index contributed by atoms with van der Waals surface area (Å²) in [5, 5.41) is 11.4. The maximum absolute atomic E-state index is 12.0. The lowest BCUT2D eigenvalue weighted by molar-refractivity contribution is -0.118. The number of aliphatic hydroxyl groups excluding tert-OH is 1. The summed E-state index contributed by atoms with van der Waals surface area (Å²) in [6.07, 6.45) is 0. The van der Waals surface area contributed by atoms with Crippen molar-refractivity contribution >= 4 is 21.6 Å². The van der Waals surface area contributed by atoms with Gasteiger partial charge in [-0.25, -0.2) is 13.1 Å². The average Bonchev–Trinajstić information content (AvgIpc) is 2.37. The molecule has 19 heavy (non-hydrogen) atoms. The van der Waals surface area contributed by atoms with Crippen LogP contribution in [0.15, 0.2) is 23.1 Å². The van der Waals surface area contributed by atoms with Gasteiger partial charge in [0.1, 0.15) is 5.75 Å². The number of carbonyl (C=O) groups is 1. The highest BCUT2D eigenvalue weighted by Crippen LogP contribution is 2.29. The number of hydrogen-bond acceptors (Lipinski definition) is 5. The maximum atomic E-state index is 12.0. The third kappa shape index (κ3) is 3.03. The van der Waals surface area contributed by atoms with Crippen LogP contribution in [0.25, 0.3) is 0 Å². The minimum Gasteiger partial charge on any atom is -0.482 e. The van der Waals surface area contributed by atoms with Crippen molar-refractivity contribution in [1.29, 1.82) is 0 Å². The number of hydrogen-bond donors (Lipinski definition) is 3. The van der Waals surface area contributed by atoms with Crippen molar-refractivity contribution in [2.45, 2.75) is 17.9 Å². The van der Waals surface area contributed by atoms with Gasteiger partial charge in [0.2, 0.25) is 10.0 Å². The van der Waals surface area contributed by atoms with Gasteiger partial charge in [0.25, 0.3) is 5.91 Å². The van der Waals surface area contributed by atoms with Crippen LogP contribution in [0.1, 0.15) is 6.92 Å². The second-order valence-corrected chi connectivity index (χ2v) is 5.91. The Balaban J connectivity index is 2.31. The number of ether oxygens (including phenoxy) is 1. The van der Waals surface area contributed by atoms with Crippen LogP contribution >= 0.6 is 0 Å². The zero-order chi connectivity index (χ0) is 14.0. The molecule has 1 aliphatic heterocycles. The summed E-state index contributed by atoms with van der Waals surface area (Å²) in [7, 11) is -3.74. The molecule has 0 unspecified atom stereocenters. The smallest absolute Gasteiger partial charge is 0.262 e. The highest BCUT2D eigenvalue weighted by Gasteiger charge is 2.21.